The van der Waals surface area contributed by atoms with Crippen LogP contribution in [0.5, 0.6) is 11.6 Å². The summed E-state index contributed by atoms with van der Waals surface area (Å²) < 4.78 is 18.7. The summed E-state index contributed by atoms with van der Waals surface area (Å²) in [4.78, 5) is 9.01. The van der Waals surface area contributed by atoms with E-state index in [1.165, 1.54) is 5.56 Å². The number of aromatic nitrogens is 3. The number of nitrogens with zero attached hydrogens (tertiary/aromatic N) is 3. The summed E-state index contributed by atoms with van der Waals surface area (Å²) in [7, 11) is 1.72. The number of ether oxygens (including phenoxy) is 3. The van der Waals surface area contributed by atoms with Gasteiger partial charge in [-0.1, -0.05) is 29.8 Å². The molecule has 0 saturated carbocycles. The molecule has 0 aliphatic carbocycles. The molecule has 2 aromatic carbocycles. The van der Waals surface area contributed by atoms with Gasteiger partial charge in [-0.2, -0.15) is 0 Å². The van der Waals surface area contributed by atoms with Crippen molar-refractivity contribution < 1.29 is 14.2 Å². The lowest BCUT2D eigenvalue weighted by Gasteiger charge is -2.25. The summed E-state index contributed by atoms with van der Waals surface area (Å²) in [5.74, 6) is 2.68. The van der Waals surface area contributed by atoms with Gasteiger partial charge in [0.2, 0.25) is 11.8 Å². The van der Waals surface area contributed by atoms with Gasteiger partial charge in [-0.25, -0.2) is 9.97 Å². The fourth-order valence-electron chi connectivity index (χ4n) is 3.97. The highest BCUT2D eigenvalue weighted by atomic mass is 35.5. The number of nitrogens with one attached hydrogen (secondary N) is 1. The highest BCUT2D eigenvalue weighted by Gasteiger charge is 2.19. The van der Waals surface area contributed by atoms with E-state index in [2.05, 4.69) is 33.1 Å². The van der Waals surface area contributed by atoms with Gasteiger partial charge in [0.25, 0.3) is 0 Å². The molecular weight excluding hydrogens is 452 g/mol. The number of pyridine rings is 1. The summed E-state index contributed by atoms with van der Waals surface area (Å²) in [5, 5.41) is 4.07. The maximum absolute atomic E-state index is 5.88. The van der Waals surface area contributed by atoms with Crippen LogP contribution in [0, 0.1) is 5.92 Å². The number of anilines is 1. The van der Waals surface area contributed by atoms with E-state index in [4.69, 9.17) is 30.8 Å². The summed E-state index contributed by atoms with van der Waals surface area (Å²) >= 11 is 5.88. The van der Waals surface area contributed by atoms with Gasteiger partial charge < -0.3 is 24.1 Å². The van der Waals surface area contributed by atoms with Crippen LogP contribution >= 0.6 is 11.6 Å². The maximum atomic E-state index is 5.88. The van der Waals surface area contributed by atoms with E-state index < -0.39 is 0 Å². The Morgan fingerprint density at radius 1 is 1.09 bits per heavy atom. The van der Waals surface area contributed by atoms with Gasteiger partial charge in [-0.3, -0.25) is 0 Å². The summed E-state index contributed by atoms with van der Waals surface area (Å²) in [6.45, 7) is 3.70. The van der Waals surface area contributed by atoms with Crippen LogP contribution in [0.2, 0.25) is 5.02 Å². The van der Waals surface area contributed by atoms with Crippen molar-refractivity contribution in [2.45, 2.75) is 19.5 Å². The van der Waals surface area contributed by atoms with Crippen molar-refractivity contribution in [2.75, 3.05) is 32.2 Å². The number of fused-ring (bicyclic) bond motifs is 1. The predicted octanol–water partition coefficient (Wildman–Crippen LogP) is 5.32. The molecule has 0 bridgehead atoms. The van der Waals surface area contributed by atoms with Crippen LogP contribution in [0.3, 0.4) is 0 Å². The van der Waals surface area contributed by atoms with Gasteiger partial charge in [0.15, 0.2) is 0 Å². The second-order valence-corrected chi connectivity index (χ2v) is 8.86. The fraction of sp³-hybridized carbons (Fsp3) is 0.308. The highest BCUT2D eigenvalue weighted by molar-refractivity contribution is 6.30. The molecule has 1 fully saturated rings. The van der Waals surface area contributed by atoms with Crippen molar-refractivity contribution in [2.24, 2.45) is 5.92 Å². The highest BCUT2D eigenvalue weighted by Crippen LogP contribution is 2.25. The van der Waals surface area contributed by atoms with Crippen LogP contribution in [0.4, 0.5) is 5.95 Å². The predicted molar refractivity (Wildman–Crippen MR) is 133 cm³/mol. The molecule has 34 heavy (non-hydrogen) atoms. The molecule has 7 nitrogen and oxygen atoms in total. The average Bonchev–Trinajstić information content (AvgIpc) is 3.17. The topological polar surface area (TPSA) is 70.4 Å². The van der Waals surface area contributed by atoms with Crippen LogP contribution in [-0.4, -0.2) is 41.5 Å². The summed E-state index contributed by atoms with van der Waals surface area (Å²) in [6.07, 6.45) is 2.60. The molecule has 2 aromatic heterocycles. The zero-order chi connectivity index (χ0) is 23.3. The monoisotopic (exact) mass is 478 g/mol. The number of hydrogen-bond donors (Lipinski definition) is 1. The number of benzene rings is 2. The van der Waals surface area contributed by atoms with Crippen molar-refractivity contribution in [3.63, 3.8) is 0 Å². The Bertz CT molecular complexity index is 1240. The molecule has 0 atom stereocenters. The van der Waals surface area contributed by atoms with Crippen molar-refractivity contribution in [3.8, 4) is 11.6 Å². The van der Waals surface area contributed by atoms with Gasteiger partial charge in [0.05, 0.1) is 35.9 Å². The van der Waals surface area contributed by atoms with E-state index in [0.717, 1.165) is 54.5 Å². The van der Waals surface area contributed by atoms with Gasteiger partial charge in [-0.05, 0) is 47.9 Å². The van der Waals surface area contributed by atoms with Crippen molar-refractivity contribution in [1.29, 1.82) is 0 Å². The molecule has 3 heterocycles. The lowest BCUT2D eigenvalue weighted by molar-refractivity contribution is -0.0312. The third kappa shape index (κ3) is 5.33. The number of hydrogen-bond acceptors (Lipinski definition) is 6. The Hall–Kier alpha value is -3.13. The first-order valence-electron chi connectivity index (χ1n) is 11.4. The molecule has 0 unspecified atom stereocenters. The second-order valence-electron chi connectivity index (χ2n) is 8.42. The lowest BCUT2D eigenvalue weighted by Crippen LogP contribution is -2.29. The first-order valence-corrected chi connectivity index (χ1v) is 11.7. The molecule has 1 saturated heterocycles. The lowest BCUT2D eigenvalue weighted by atomic mass is 9.98. The van der Waals surface area contributed by atoms with E-state index >= 15 is 0 Å². The molecular formula is C26H27ClN4O3. The molecule has 1 N–H and O–H groups in total. The Morgan fingerprint density at radius 2 is 1.91 bits per heavy atom. The van der Waals surface area contributed by atoms with Gasteiger partial charge >= 0.3 is 0 Å². The Kier molecular flexibility index (Phi) is 6.94. The number of methoxy groups -OCH3 is 1. The van der Waals surface area contributed by atoms with Crippen molar-refractivity contribution in [3.05, 3.63) is 76.9 Å². The molecule has 8 heteroatoms. The molecule has 176 valence electrons. The zero-order valence-corrected chi connectivity index (χ0v) is 19.8. The van der Waals surface area contributed by atoms with Crippen molar-refractivity contribution >= 4 is 28.6 Å². The Balaban J connectivity index is 1.28. The minimum Gasteiger partial charge on any atom is -0.439 e. The molecule has 1 aliphatic heterocycles. The van der Waals surface area contributed by atoms with Crippen LogP contribution in [0.15, 0.2) is 60.8 Å². The van der Waals surface area contributed by atoms with E-state index in [9.17, 15) is 0 Å². The van der Waals surface area contributed by atoms with E-state index in [-0.39, 0.29) is 0 Å². The second kappa shape index (κ2) is 10.4. The molecule has 0 radical (unpaired) electrons. The summed E-state index contributed by atoms with van der Waals surface area (Å²) in [6, 6.07) is 17.9. The Morgan fingerprint density at radius 3 is 2.62 bits per heavy atom. The van der Waals surface area contributed by atoms with E-state index in [0.29, 0.717) is 30.0 Å². The van der Waals surface area contributed by atoms with Gasteiger partial charge in [-0.15, -0.1) is 0 Å². The SMILES string of the molecule is COCCn1c(NCc2ccc(Oc3ccc(Cl)cn3)cc2)nc2ccc(CC3COC3)cc21. The number of halogens is 1. The third-order valence-corrected chi connectivity index (χ3v) is 6.08. The van der Waals surface area contributed by atoms with Crippen LogP contribution < -0.4 is 10.1 Å². The van der Waals surface area contributed by atoms with Crippen LogP contribution in [-0.2, 0) is 29.0 Å². The van der Waals surface area contributed by atoms with Gasteiger partial charge in [0, 0.05) is 38.4 Å². The van der Waals surface area contributed by atoms with E-state index in [1.807, 2.05) is 24.3 Å². The summed E-state index contributed by atoms with van der Waals surface area (Å²) in [5.41, 5.74) is 4.53. The molecule has 4 aromatic rings. The first-order chi connectivity index (χ1) is 16.7. The Labute approximate surface area is 203 Å². The minimum absolute atomic E-state index is 0.506. The maximum Gasteiger partial charge on any atom is 0.219 e. The average molecular weight is 479 g/mol. The molecule has 1 aliphatic rings. The van der Waals surface area contributed by atoms with E-state index in [1.54, 1.807) is 25.4 Å². The molecule has 5 rings (SSSR count). The largest absolute Gasteiger partial charge is 0.439 e. The van der Waals surface area contributed by atoms with Crippen LogP contribution in [0.25, 0.3) is 11.0 Å². The molecule has 0 amide bonds. The first kappa shape index (κ1) is 22.7. The standard InChI is InChI=1S/C26H27ClN4O3/c1-32-11-10-31-24-13-19(12-20-16-33-17-20)4-8-23(24)30-26(31)29-14-18-2-6-22(7-3-18)34-25-9-5-21(27)15-28-25/h2-9,13,15,20H,10-12,14,16-17H2,1H3,(H,29,30). The zero-order valence-electron chi connectivity index (χ0n) is 19.0. The quantitative estimate of drug-likeness (QED) is 0.332. The van der Waals surface area contributed by atoms with Crippen LogP contribution in [0.1, 0.15) is 11.1 Å². The minimum atomic E-state index is 0.506. The third-order valence-electron chi connectivity index (χ3n) is 5.86. The van der Waals surface area contributed by atoms with Gasteiger partial charge in [0.1, 0.15) is 5.75 Å². The fourth-order valence-corrected chi connectivity index (χ4v) is 4.09. The number of rotatable bonds is 10. The normalized spacial score (nSPS) is 13.7. The number of imidazole rings is 1. The smallest absolute Gasteiger partial charge is 0.219 e. The van der Waals surface area contributed by atoms with Crippen molar-refractivity contribution in [1.82, 2.24) is 14.5 Å². The molecule has 0 spiro atoms.